The van der Waals surface area contributed by atoms with Crippen molar-refractivity contribution in [2.24, 2.45) is 5.73 Å². The van der Waals surface area contributed by atoms with Crippen molar-refractivity contribution in [1.82, 2.24) is 4.90 Å². The van der Waals surface area contributed by atoms with E-state index in [0.717, 1.165) is 13.0 Å². The molecule has 1 heterocycles. The Kier molecular flexibility index (Phi) is 4.57. The summed E-state index contributed by atoms with van der Waals surface area (Å²) in [5.74, 6) is 0. The van der Waals surface area contributed by atoms with Gasteiger partial charge in [0.1, 0.15) is 0 Å². The zero-order valence-corrected chi connectivity index (χ0v) is 10.9. The lowest BCUT2D eigenvalue weighted by atomic mass is 9.99. The first kappa shape index (κ1) is 12.6. The van der Waals surface area contributed by atoms with Crippen LogP contribution >= 0.6 is 0 Å². The second-order valence-electron chi connectivity index (χ2n) is 5.10. The van der Waals surface area contributed by atoms with Gasteiger partial charge in [0.05, 0.1) is 0 Å². The molecule has 0 radical (unpaired) electrons. The average molecular weight is 232 g/mol. The fourth-order valence-corrected chi connectivity index (χ4v) is 2.71. The van der Waals surface area contributed by atoms with Gasteiger partial charge < -0.3 is 5.73 Å². The number of likely N-dealkylation sites (tertiary alicyclic amines) is 1. The van der Waals surface area contributed by atoms with Gasteiger partial charge in [0.2, 0.25) is 0 Å². The van der Waals surface area contributed by atoms with Gasteiger partial charge in [-0.15, -0.1) is 0 Å². The molecule has 0 spiro atoms. The maximum absolute atomic E-state index is 5.66. The molecule has 1 atom stereocenters. The van der Waals surface area contributed by atoms with E-state index in [4.69, 9.17) is 5.73 Å². The Bertz CT molecular complexity index is 325. The molecule has 0 amide bonds. The summed E-state index contributed by atoms with van der Waals surface area (Å²) in [6.07, 6.45) is 5.02. The molecule has 0 saturated carbocycles. The number of benzene rings is 1. The molecule has 17 heavy (non-hydrogen) atoms. The third kappa shape index (κ3) is 3.30. The topological polar surface area (TPSA) is 29.3 Å². The van der Waals surface area contributed by atoms with Crippen LogP contribution in [0.4, 0.5) is 0 Å². The quantitative estimate of drug-likeness (QED) is 0.846. The van der Waals surface area contributed by atoms with Gasteiger partial charge in [-0.2, -0.15) is 0 Å². The lowest BCUT2D eigenvalue weighted by Crippen LogP contribution is -2.26. The molecular formula is C15H24N2. The minimum atomic E-state index is 0.585. The van der Waals surface area contributed by atoms with Crippen LogP contribution in [0.5, 0.6) is 0 Å². The van der Waals surface area contributed by atoms with Crippen molar-refractivity contribution in [2.45, 2.75) is 38.6 Å². The SMILES string of the molecule is Cc1ccc(C(CCCN)N2CCCC2)cc1. The number of hydrogen-bond donors (Lipinski definition) is 1. The van der Waals surface area contributed by atoms with Crippen LogP contribution in [0.2, 0.25) is 0 Å². The van der Waals surface area contributed by atoms with E-state index >= 15 is 0 Å². The molecule has 2 nitrogen and oxygen atoms in total. The first-order valence-electron chi connectivity index (χ1n) is 6.82. The molecule has 1 aliphatic heterocycles. The van der Waals surface area contributed by atoms with E-state index in [0.29, 0.717) is 6.04 Å². The number of nitrogens with two attached hydrogens (primary N) is 1. The first-order chi connectivity index (χ1) is 8.31. The Hall–Kier alpha value is -0.860. The first-order valence-corrected chi connectivity index (χ1v) is 6.82. The van der Waals surface area contributed by atoms with Crippen molar-refractivity contribution >= 4 is 0 Å². The third-order valence-corrected chi connectivity index (χ3v) is 3.73. The highest BCUT2D eigenvalue weighted by Gasteiger charge is 2.22. The molecule has 1 aliphatic rings. The van der Waals surface area contributed by atoms with E-state index in [1.54, 1.807) is 0 Å². The van der Waals surface area contributed by atoms with E-state index in [1.165, 1.54) is 43.5 Å². The predicted molar refractivity (Wildman–Crippen MR) is 73.0 cm³/mol. The van der Waals surface area contributed by atoms with Crippen molar-refractivity contribution in [3.8, 4) is 0 Å². The van der Waals surface area contributed by atoms with E-state index in [2.05, 4.69) is 36.1 Å². The summed E-state index contributed by atoms with van der Waals surface area (Å²) in [4.78, 5) is 2.63. The Morgan fingerprint density at radius 3 is 2.41 bits per heavy atom. The highest BCUT2D eigenvalue weighted by atomic mass is 15.2. The van der Waals surface area contributed by atoms with Gasteiger partial charge in [0.15, 0.2) is 0 Å². The zero-order chi connectivity index (χ0) is 12.1. The van der Waals surface area contributed by atoms with Crippen LogP contribution < -0.4 is 5.73 Å². The molecule has 1 unspecified atom stereocenters. The monoisotopic (exact) mass is 232 g/mol. The van der Waals surface area contributed by atoms with Crippen LogP contribution in [-0.2, 0) is 0 Å². The van der Waals surface area contributed by atoms with E-state index < -0.39 is 0 Å². The van der Waals surface area contributed by atoms with Gasteiger partial charge in [-0.05, 0) is 57.8 Å². The van der Waals surface area contributed by atoms with Crippen molar-refractivity contribution in [1.29, 1.82) is 0 Å². The molecule has 2 heteroatoms. The summed E-state index contributed by atoms with van der Waals surface area (Å²) < 4.78 is 0. The maximum Gasteiger partial charge on any atom is 0.0348 e. The molecule has 1 fully saturated rings. The summed E-state index contributed by atoms with van der Waals surface area (Å²) in [5.41, 5.74) is 8.46. The molecule has 1 saturated heterocycles. The standard InChI is InChI=1S/C15H24N2/c1-13-6-8-14(9-7-13)15(5-4-10-16)17-11-2-3-12-17/h6-9,15H,2-5,10-12,16H2,1H3. The molecule has 1 aromatic rings. The minimum absolute atomic E-state index is 0.585. The molecule has 1 aromatic carbocycles. The van der Waals surface area contributed by atoms with Crippen molar-refractivity contribution in [3.63, 3.8) is 0 Å². The second kappa shape index (κ2) is 6.18. The van der Waals surface area contributed by atoms with Crippen molar-refractivity contribution in [2.75, 3.05) is 19.6 Å². The van der Waals surface area contributed by atoms with Crippen LogP contribution in [0.25, 0.3) is 0 Å². The normalized spacial score (nSPS) is 18.5. The van der Waals surface area contributed by atoms with Crippen LogP contribution in [-0.4, -0.2) is 24.5 Å². The fraction of sp³-hybridized carbons (Fsp3) is 0.600. The third-order valence-electron chi connectivity index (χ3n) is 3.73. The summed E-state index contributed by atoms with van der Waals surface area (Å²) in [6.45, 7) is 5.46. The average Bonchev–Trinajstić information content (AvgIpc) is 2.85. The Balaban J connectivity index is 2.10. The Labute approximate surface area is 105 Å². The Morgan fingerprint density at radius 1 is 1.18 bits per heavy atom. The number of aryl methyl sites for hydroxylation is 1. The van der Waals surface area contributed by atoms with Gasteiger partial charge in [0.25, 0.3) is 0 Å². The molecule has 2 rings (SSSR count). The summed E-state index contributed by atoms with van der Waals surface area (Å²) in [7, 11) is 0. The van der Waals surface area contributed by atoms with E-state index in [9.17, 15) is 0 Å². The highest BCUT2D eigenvalue weighted by molar-refractivity contribution is 5.24. The lowest BCUT2D eigenvalue weighted by molar-refractivity contribution is 0.231. The summed E-state index contributed by atoms with van der Waals surface area (Å²) in [5, 5.41) is 0. The molecule has 0 aliphatic carbocycles. The fourth-order valence-electron chi connectivity index (χ4n) is 2.71. The summed E-state index contributed by atoms with van der Waals surface area (Å²) in [6, 6.07) is 9.60. The van der Waals surface area contributed by atoms with Crippen LogP contribution in [0.3, 0.4) is 0 Å². The smallest absolute Gasteiger partial charge is 0.0348 e. The van der Waals surface area contributed by atoms with Crippen LogP contribution in [0.15, 0.2) is 24.3 Å². The van der Waals surface area contributed by atoms with E-state index in [-0.39, 0.29) is 0 Å². The molecule has 0 bridgehead atoms. The van der Waals surface area contributed by atoms with Crippen molar-refractivity contribution < 1.29 is 0 Å². The minimum Gasteiger partial charge on any atom is -0.330 e. The second-order valence-corrected chi connectivity index (χ2v) is 5.10. The van der Waals surface area contributed by atoms with Gasteiger partial charge in [-0.25, -0.2) is 0 Å². The van der Waals surface area contributed by atoms with Gasteiger partial charge in [-0.3, -0.25) is 4.90 Å². The maximum atomic E-state index is 5.66. The summed E-state index contributed by atoms with van der Waals surface area (Å²) >= 11 is 0. The Morgan fingerprint density at radius 2 is 1.82 bits per heavy atom. The van der Waals surface area contributed by atoms with Crippen molar-refractivity contribution in [3.05, 3.63) is 35.4 Å². The van der Waals surface area contributed by atoms with E-state index in [1.807, 2.05) is 0 Å². The predicted octanol–water partition coefficient (Wildman–Crippen LogP) is 2.87. The van der Waals surface area contributed by atoms with Gasteiger partial charge >= 0.3 is 0 Å². The molecule has 2 N–H and O–H groups in total. The molecule has 0 aromatic heterocycles. The van der Waals surface area contributed by atoms with Gasteiger partial charge in [-0.1, -0.05) is 29.8 Å². The molecule has 94 valence electrons. The molecular weight excluding hydrogens is 208 g/mol. The highest BCUT2D eigenvalue weighted by Crippen LogP contribution is 2.29. The largest absolute Gasteiger partial charge is 0.330 e. The van der Waals surface area contributed by atoms with Crippen LogP contribution in [0, 0.1) is 6.92 Å². The number of hydrogen-bond acceptors (Lipinski definition) is 2. The number of rotatable bonds is 5. The zero-order valence-electron chi connectivity index (χ0n) is 10.9. The number of nitrogens with zero attached hydrogens (tertiary/aromatic N) is 1. The lowest BCUT2D eigenvalue weighted by Gasteiger charge is -2.28. The van der Waals surface area contributed by atoms with Gasteiger partial charge in [0, 0.05) is 6.04 Å². The van der Waals surface area contributed by atoms with Crippen LogP contribution in [0.1, 0.15) is 42.9 Å².